The van der Waals surface area contributed by atoms with Gasteiger partial charge in [0.2, 0.25) is 0 Å². The number of carboxylic acids is 1. The van der Waals surface area contributed by atoms with Crippen molar-refractivity contribution in [1.29, 1.82) is 0 Å². The lowest BCUT2D eigenvalue weighted by atomic mass is 10.0. The van der Waals surface area contributed by atoms with Crippen molar-refractivity contribution in [1.82, 2.24) is 15.0 Å². The maximum Gasteiger partial charge on any atom is 0.311 e. The molecule has 4 N–H and O–H groups in total. The molecule has 8 nitrogen and oxygen atoms in total. The molecule has 0 aliphatic heterocycles. The number of amides is 1. The molecule has 9 heteroatoms. The second-order valence-corrected chi connectivity index (χ2v) is 6.47. The second-order valence-electron chi connectivity index (χ2n) is 5.39. The number of thiophene rings is 1. The van der Waals surface area contributed by atoms with Gasteiger partial charge in [-0.2, -0.15) is 0 Å². The Kier molecular flexibility index (Phi) is 3.90. The van der Waals surface area contributed by atoms with Crippen LogP contribution in [0.2, 0.25) is 0 Å². The Hall–Kier alpha value is -2.26. The van der Waals surface area contributed by atoms with Crippen molar-refractivity contribution in [3.63, 3.8) is 0 Å². The van der Waals surface area contributed by atoms with Crippen molar-refractivity contribution in [2.45, 2.75) is 38.6 Å². The number of nitrogens with one attached hydrogen (secondary N) is 1. The average molecular weight is 336 g/mol. The van der Waals surface area contributed by atoms with Crippen LogP contribution in [0.3, 0.4) is 0 Å². The molecule has 1 amide bonds. The zero-order chi connectivity index (χ0) is 16.7. The summed E-state index contributed by atoms with van der Waals surface area (Å²) in [5, 5.41) is 9.71. The number of hydrogen-bond acceptors (Lipinski definition) is 6. The van der Waals surface area contributed by atoms with Crippen LogP contribution in [0, 0.1) is 0 Å². The number of fused-ring (bicyclic) bond motifs is 3. The fourth-order valence-electron chi connectivity index (χ4n) is 3.04. The molecule has 0 aromatic carbocycles. The van der Waals surface area contributed by atoms with Crippen LogP contribution in [0.25, 0.3) is 10.2 Å². The summed E-state index contributed by atoms with van der Waals surface area (Å²) in [6, 6.07) is 0. The number of nitrogens with zero attached hydrogens (tertiary/aromatic N) is 2. The minimum atomic E-state index is -0.936. The number of carbonyl (C=O) groups is 2. The molecule has 2 heterocycles. The zero-order valence-electron chi connectivity index (χ0n) is 12.5. The van der Waals surface area contributed by atoms with E-state index in [4.69, 9.17) is 5.84 Å². The Morgan fingerprint density at radius 2 is 2.26 bits per heavy atom. The first kappa shape index (κ1) is 15.6. The van der Waals surface area contributed by atoms with Gasteiger partial charge in [0, 0.05) is 11.3 Å². The molecule has 1 atom stereocenters. The molecule has 0 saturated heterocycles. The van der Waals surface area contributed by atoms with Crippen LogP contribution in [-0.4, -0.2) is 26.5 Å². The van der Waals surface area contributed by atoms with Gasteiger partial charge in [-0.25, -0.2) is 10.8 Å². The van der Waals surface area contributed by atoms with Gasteiger partial charge in [-0.05, 0) is 18.4 Å². The van der Waals surface area contributed by atoms with Crippen molar-refractivity contribution in [2.75, 3.05) is 0 Å². The van der Waals surface area contributed by atoms with Crippen molar-refractivity contribution < 1.29 is 14.7 Å². The van der Waals surface area contributed by atoms with E-state index in [0.717, 1.165) is 4.88 Å². The van der Waals surface area contributed by atoms with E-state index in [2.05, 4.69) is 4.98 Å². The number of aromatic nitrogens is 2. The van der Waals surface area contributed by atoms with E-state index >= 15 is 0 Å². The van der Waals surface area contributed by atoms with Crippen LogP contribution in [0.1, 0.15) is 35.5 Å². The van der Waals surface area contributed by atoms with Crippen LogP contribution in [0.15, 0.2) is 4.79 Å². The lowest BCUT2D eigenvalue weighted by molar-refractivity contribution is -0.138. The van der Waals surface area contributed by atoms with Gasteiger partial charge in [0.05, 0.1) is 11.3 Å². The summed E-state index contributed by atoms with van der Waals surface area (Å²) < 4.78 is 1.27. The van der Waals surface area contributed by atoms with Crippen LogP contribution >= 0.6 is 11.3 Å². The molecule has 2 aromatic rings. The minimum Gasteiger partial charge on any atom is -0.481 e. The average Bonchev–Trinajstić information content (AvgIpc) is 3.07. The monoisotopic (exact) mass is 336 g/mol. The lowest BCUT2D eigenvalue weighted by Crippen LogP contribution is -2.37. The van der Waals surface area contributed by atoms with E-state index in [-0.39, 0.29) is 12.1 Å². The van der Waals surface area contributed by atoms with Crippen LogP contribution in [-0.2, 0) is 29.0 Å². The van der Waals surface area contributed by atoms with E-state index in [1.807, 2.05) is 12.3 Å². The van der Waals surface area contributed by atoms with E-state index in [1.165, 1.54) is 15.9 Å². The van der Waals surface area contributed by atoms with Crippen molar-refractivity contribution in [3.8, 4) is 0 Å². The molecule has 122 valence electrons. The maximum atomic E-state index is 12.9. The molecular weight excluding hydrogens is 320 g/mol. The molecule has 1 aliphatic carbocycles. The third kappa shape index (κ3) is 2.41. The minimum absolute atomic E-state index is 0.232. The lowest BCUT2D eigenvalue weighted by Gasteiger charge is -2.11. The maximum absolute atomic E-state index is 12.9. The molecule has 23 heavy (non-hydrogen) atoms. The third-order valence-corrected chi connectivity index (χ3v) is 5.25. The number of hydrazine groups is 1. The first-order valence-corrected chi connectivity index (χ1v) is 8.06. The van der Waals surface area contributed by atoms with E-state index in [0.29, 0.717) is 40.9 Å². The number of aliphatic carboxylic acids is 1. The molecule has 0 spiro atoms. The largest absolute Gasteiger partial charge is 0.481 e. The summed E-state index contributed by atoms with van der Waals surface area (Å²) in [5.41, 5.74) is 2.19. The molecule has 2 aromatic heterocycles. The highest BCUT2D eigenvalue weighted by molar-refractivity contribution is 7.18. The van der Waals surface area contributed by atoms with Crippen molar-refractivity contribution >= 4 is 33.4 Å². The highest BCUT2D eigenvalue weighted by Crippen LogP contribution is 2.42. The molecule has 1 aliphatic rings. The smallest absolute Gasteiger partial charge is 0.311 e. The summed E-state index contributed by atoms with van der Waals surface area (Å²) in [7, 11) is 0. The summed E-state index contributed by atoms with van der Waals surface area (Å²) in [6.45, 7) is 1.61. The molecule has 0 saturated carbocycles. The second kappa shape index (κ2) is 5.74. The number of nitrogens with two attached hydrogens (primary N) is 1. The summed E-state index contributed by atoms with van der Waals surface area (Å²) in [4.78, 5) is 41.8. The Morgan fingerprint density at radius 1 is 1.52 bits per heavy atom. The van der Waals surface area contributed by atoms with Crippen molar-refractivity contribution in [3.05, 3.63) is 26.6 Å². The van der Waals surface area contributed by atoms with Gasteiger partial charge in [-0.3, -0.25) is 24.4 Å². The molecule has 0 fully saturated rings. The van der Waals surface area contributed by atoms with E-state index in [1.54, 1.807) is 0 Å². The number of carbonyl (C=O) groups excluding carboxylic acids is 1. The van der Waals surface area contributed by atoms with Crippen LogP contribution in [0.5, 0.6) is 0 Å². The van der Waals surface area contributed by atoms with Gasteiger partial charge in [0.15, 0.2) is 0 Å². The Bertz CT molecular complexity index is 870. The first-order chi connectivity index (χ1) is 11.0. The fraction of sp³-hybridized carbons (Fsp3) is 0.429. The highest BCUT2D eigenvalue weighted by atomic mass is 32.1. The number of carboxylic acid groups (broad SMARTS) is 1. The zero-order valence-corrected chi connectivity index (χ0v) is 13.3. The number of rotatable bonds is 4. The Balaban J connectivity index is 2.27. The predicted octanol–water partition coefficient (Wildman–Crippen LogP) is 0.125. The summed E-state index contributed by atoms with van der Waals surface area (Å²) in [6.07, 6.45) is 1.61. The van der Waals surface area contributed by atoms with Gasteiger partial charge in [0.25, 0.3) is 11.5 Å². The Labute approximate surface area is 134 Å². The van der Waals surface area contributed by atoms with Gasteiger partial charge >= 0.3 is 5.97 Å². The Morgan fingerprint density at radius 3 is 2.87 bits per heavy atom. The molecule has 0 bridgehead atoms. The summed E-state index contributed by atoms with van der Waals surface area (Å²) in [5.74, 6) is 3.45. The SMILES string of the molecule is CCc1nc2sc3c(c2c(=O)n1CC(=O)NN)C(C(=O)O)CC3. The molecule has 0 radical (unpaired) electrons. The molecular formula is C14H16N4O4S. The van der Waals surface area contributed by atoms with Gasteiger partial charge in [0.1, 0.15) is 17.2 Å². The number of hydrogen-bond donors (Lipinski definition) is 3. The normalized spacial score (nSPS) is 16.5. The van der Waals surface area contributed by atoms with Crippen LogP contribution in [0.4, 0.5) is 0 Å². The summed E-state index contributed by atoms with van der Waals surface area (Å²) >= 11 is 1.37. The predicted molar refractivity (Wildman–Crippen MR) is 84.3 cm³/mol. The first-order valence-electron chi connectivity index (χ1n) is 7.25. The standard InChI is InChI=1S/C14H16N4O4S/c1-2-8-16-12-11(13(20)18(8)5-9(19)17-15)10-6(14(21)22)3-4-7(10)23-12/h6H,2-5,15H2,1H3,(H,17,19)(H,21,22). The topological polar surface area (TPSA) is 127 Å². The van der Waals surface area contributed by atoms with E-state index in [9.17, 15) is 19.5 Å². The highest BCUT2D eigenvalue weighted by Gasteiger charge is 2.34. The van der Waals surface area contributed by atoms with Crippen LogP contribution < -0.4 is 16.8 Å². The number of aryl methyl sites for hydroxylation is 2. The van der Waals surface area contributed by atoms with Gasteiger partial charge < -0.3 is 5.11 Å². The molecule has 3 rings (SSSR count). The van der Waals surface area contributed by atoms with E-state index < -0.39 is 17.8 Å². The third-order valence-electron chi connectivity index (χ3n) is 4.09. The molecule has 1 unspecified atom stereocenters. The van der Waals surface area contributed by atoms with Gasteiger partial charge in [-0.1, -0.05) is 6.92 Å². The van der Waals surface area contributed by atoms with Gasteiger partial charge in [-0.15, -0.1) is 11.3 Å². The quantitative estimate of drug-likeness (QED) is 0.413. The fourth-order valence-corrected chi connectivity index (χ4v) is 4.29. The van der Waals surface area contributed by atoms with Crippen molar-refractivity contribution in [2.24, 2.45) is 5.84 Å².